The number of thiophene rings is 1. The van der Waals surface area contributed by atoms with Crippen molar-refractivity contribution < 1.29 is 19.2 Å². The fraction of sp³-hybridized carbons (Fsp3) is 0.100. The van der Waals surface area contributed by atoms with Crippen LogP contribution in [-0.4, -0.2) is 23.3 Å². The Morgan fingerprint density at radius 1 is 1.07 bits per heavy atom. The number of hydrogen-bond acceptors (Lipinski definition) is 6. The molecule has 148 valence electrons. The molecule has 2 N–H and O–H groups in total. The Morgan fingerprint density at radius 2 is 1.76 bits per heavy atom. The van der Waals surface area contributed by atoms with Crippen LogP contribution in [0.3, 0.4) is 0 Å². The summed E-state index contributed by atoms with van der Waals surface area (Å²) in [6.07, 6.45) is 0. The average molecular weight is 411 g/mol. The van der Waals surface area contributed by atoms with Crippen LogP contribution in [0.15, 0.2) is 60.0 Å². The van der Waals surface area contributed by atoms with Gasteiger partial charge in [0, 0.05) is 17.4 Å². The lowest BCUT2D eigenvalue weighted by atomic mass is 10.2. The van der Waals surface area contributed by atoms with Gasteiger partial charge in [-0.1, -0.05) is 12.1 Å². The Morgan fingerprint density at radius 3 is 2.38 bits per heavy atom. The van der Waals surface area contributed by atoms with Crippen molar-refractivity contribution in [3.63, 3.8) is 0 Å². The lowest BCUT2D eigenvalue weighted by molar-refractivity contribution is -0.385. The number of anilines is 2. The summed E-state index contributed by atoms with van der Waals surface area (Å²) in [6, 6.07) is 14.6. The van der Waals surface area contributed by atoms with Gasteiger partial charge in [-0.05, 0) is 54.3 Å². The standard InChI is InChI=1S/C20H17N3O5S/c1-13-4-9-16(23(26)27)17(11-13)28-12-19(24)21-14-5-7-15(8-6-14)22-20(25)18-3-2-10-29-18/h2-11H,12H2,1H3,(H,21,24)(H,22,25). The van der Waals surface area contributed by atoms with Gasteiger partial charge in [0.25, 0.3) is 11.8 Å². The normalized spacial score (nSPS) is 10.2. The molecular weight excluding hydrogens is 394 g/mol. The van der Waals surface area contributed by atoms with E-state index in [1.165, 1.54) is 23.5 Å². The summed E-state index contributed by atoms with van der Waals surface area (Å²) in [5, 5.41) is 18.3. The van der Waals surface area contributed by atoms with E-state index in [2.05, 4.69) is 10.6 Å². The average Bonchev–Trinajstić information content (AvgIpc) is 3.23. The predicted molar refractivity (Wildman–Crippen MR) is 111 cm³/mol. The van der Waals surface area contributed by atoms with Gasteiger partial charge in [0.1, 0.15) is 0 Å². The van der Waals surface area contributed by atoms with Crippen LogP contribution in [0.4, 0.5) is 17.1 Å². The summed E-state index contributed by atoms with van der Waals surface area (Å²) in [5.41, 5.74) is 1.68. The molecule has 2 amide bonds. The first kappa shape index (κ1) is 20.0. The Hall–Kier alpha value is -3.72. The Labute approximate surface area is 170 Å². The molecule has 3 rings (SSSR count). The Balaban J connectivity index is 1.55. The molecular formula is C20H17N3O5S. The number of nitrogens with zero attached hydrogens (tertiary/aromatic N) is 1. The summed E-state index contributed by atoms with van der Waals surface area (Å²) in [4.78, 5) is 35.2. The lowest BCUT2D eigenvalue weighted by Gasteiger charge is -2.09. The minimum Gasteiger partial charge on any atom is -0.477 e. The van der Waals surface area contributed by atoms with Crippen molar-refractivity contribution in [2.24, 2.45) is 0 Å². The number of benzene rings is 2. The Bertz CT molecular complexity index is 1030. The fourth-order valence-corrected chi connectivity index (χ4v) is 3.08. The van der Waals surface area contributed by atoms with Gasteiger partial charge in [0.15, 0.2) is 12.4 Å². The molecule has 1 heterocycles. The van der Waals surface area contributed by atoms with Gasteiger partial charge in [-0.3, -0.25) is 19.7 Å². The van der Waals surface area contributed by atoms with Gasteiger partial charge in [-0.15, -0.1) is 11.3 Å². The molecule has 0 aliphatic rings. The molecule has 2 aromatic carbocycles. The third-order valence-electron chi connectivity index (χ3n) is 3.84. The number of nitro groups is 1. The SMILES string of the molecule is Cc1ccc([N+](=O)[O-])c(OCC(=O)Nc2ccc(NC(=O)c3cccs3)cc2)c1. The maximum absolute atomic E-state index is 12.1. The van der Waals surface area contributed by atoms with Crippen LogP contribution in [-0.2, 0) is 4.79 Å². The van der Waals surface area contributed by atoms with Crippen molar-refractivity contribution in [3.8, 4) is 5.75 Å². The number of aryl methyl sites for hydroxylation is 1. The van der Waals surface area contributed by atoms with Gasteiger partial charge in [0.2, 0.25) is 0 Å². The molecule has 9 heteroatoms. The smallest absolute Gasteiger partial charge is 0.310 e. The minimum atomic E-state index is -0.560. The number of amides is 2. The molecule has 3 aromatic rings. The van der Waals surface area contributed by atoms with Gasteiger partial charge >= 0.3 is 5.69 Å². The monoisotopic (exact) mass is 411 g/mol. The van der Waals surface area contributed by atoms with Crippen LogP contribution in [0, 0.1) is 17.0 Å². The number of ether oxygens (including phenoxy) is 1. The topological polar surface area (TPSA) is 111 Å². The van der Waals surface area contributed by atoms with Gasteiger partial charge in [-0.2, -0.15) is 0 Å². The van der Waals surface area contributed by atoms with Crippen molar-refractivity contribution in [2.75, 3.05) is 17.2 Å². The molecule has 1 aromatic heterocycles. The van der Waals surface area contributed by atoms with E-state index in [1.807, 2.05) is 5.38 Å². The molecule has 8 nitrogen and oxygen atoms in total. The number of nitro benzene ring substituents is 1. The van der Waals surface area contributed by atoms with E-state index in [0.717, 1.165) is 5.56 Å². The minimum absolute atomic E-state index is 0.0387. The van der Waals surface area contributed by atoms with Crippen LogP contribution < -0.4 is 15.4 Å². The van der Waals surface area contributed by atoms with Gasteiger partial charge < -0.3 is 15.4 Å². The van der Waals surface area contributed by atoms with Crippen LogP contribution in [0.25, 0.3) is 0 Å². The maximum Gasteiger partial charge on any atom is 0.310 e. The zero-order chi connectivity index (χ0) is 20.8. The van der Waals surface area contributed by atoms with Crippen LogP contribution in [0.1, 0.15) is 15.2 Å². The van der Waals surface area contributed by atoms with Crippen molar-refractivity contribution in [1.82, 2.24) is 0 Å². The summed E-state index contributed by atoms with van der Waals surface area (Å²) >= 11 is 1.34. The molecule has 0 saturated carbocycles. The Kier molecular flexibility index (Phi) is 6.20. The van der Waals surface area contributed by atoms with Crippen LogP contribution in [0.2, 0.25) is 0 Å². The number of carbonyl (C=O) groups is 2. The zero-order valence-corrected chi connectivity index (χ0v) is 16.2. The molecule has 0 bridgehead atoms. The molecule has 0 saturated heterocycles. The molecule has 0 fully saturated rings. The lowest BCUT2D eigenvalue weighted by Crippen LogP contribution is -2.20. The summed E-state index contributed by atoms with van der Waals surface area (Å²) < 4.78 is 5.32. The van der Waals surface area contributed by atoms with E-state index in [9.17, 15) is 19.7 Å². The van der Waals surface area contributed by atoms with Crippen molar-refractivity contribution in [1.29, 1.82) is 0 Å². The highest BCUT2D eigenvalue weighted by Crippen LogP contribution is 2.27. The first-order valence-electron chi connectivity index (χ1n) is 8.55. The molecule has 0 unspecified atom stereocenters. The molecule has 0 aliphatic heterocycles. The summed E-state index contributed by atoms with van der Waals surface area (Å²) in [6.45, 7) is 1.40. The molecule has 29 heavy (non-hydrogen) atoms. The van der Waals surface area contributed by atoms with E-state index >= 15 is 0 Å². The number of carbonyl (C=O) groups excluding carboxylic acids is 2. The fourth-order valence-electron chi connectivity index (χ4n) is 2.47. The van der Waals surface area contributed by atoms with E-state index in [0.29, 0.717) is 16.3 Å². The predicted octanol–water partition coefficient (Wildman–Crippen LogP) is 4.23. The van der Waals surface area contributed by atoms with Gasteiger partial charge in [-0.25, -0.2) is 0 Å². The molecule has 0 spiro atoms. The second-order valence-electron chi connectivity index (χ2n) is 6.07. The highest BCUT2D eigenvalue weighted by Gasteiger charge is 2.16. The van der Waals surface area contributed by atoms with Gasteiger partial charge in [0.05, 0.1) is 9.80 Å². The van der Waals surface area contributed by atoms with Crippen molar-refractivity contribution >= 4 is 40.2 Å². The first-order valence-corrected chi connectivity index (χ1v) is 9.43. The van der Waals surface area contributed by atoms with Crippen LogP contribution >= 0.6 is 11.3 Å². The van der Waals surface area contributed by atoms with E-state index in [1.54, 1.807) is 49.4 Å². The number of hydrogen-bond donors (Lipinski definition) is 2. The number of nitrogens with one attached hydrogen (secondary N) is 2. The summed E-state index contributed by atoms with van der Waals surface area (Å²) in [5.74, 6) is -0.627. The second-order valence-corrected chi connectivity index (χ2v) is 7.02. The summed E-state index contributed by atoms with van der Waals surface area (Å²) in [7, 11) is 0. The third kappa shape index (κ3) is 5.39. The van der Waals surface area contributed by atoms with E-state index in [-0.39, 0.29) is 24.0 Å². The van der Waals surface area contributed by atoms with E-state index in [4.69, 9.17) is 4.74 Å². The highest BCUT2D eigenvalue weighted by atomic mass is 32.1. The van der Waals surface area contributed by atoms with Crippen molar-refractivity contribution in [3.05, 3.63) is 80.5 Å². The molecule has 0 atom stereocenters. The zero-order valence-electron chi connectivity index (χ0n) is 15.4. The first-order chi connectivity index (χ1) is 13.9. The second kappa shape index (κ2) is 8.98. The largest absolute Gasteiger partial charge is 0.477 e. The molecule has 0 aliphatic carbocycles. The van der Waals surface area contributed by atoms with Crippen molar-refractivity contribution in [2.45, 2.75) is 6.92 Å². The number of rotatable bonds is 7. The van der Waals surface area contributed by atoms with Crippen LogP contribution in [0.5, 0.6) is 5.75 Å². The highest BCUT2D eigenvalue weighted by molar-refractivity contribution is 7.12. The maximum atomic E-state index is 12.1. The quantitative estimate of drug-likeness (QED) is 0.446. The third-order valence-corrected chi connectivity index (χ3v) is 4.71. The molecule has 0 radical (unpaired) electrons. The van der Waals surface area contributed by atoms with E-state index < -0.39 is 10.8 Å².